The minimum absolute atomic E-state index is 0.00185. The molecule has 1 amide bonds. The molecule has 1 heterocycles. The van der Waals surface area contributed by atoms with E-state index in [0.29, 0.717) is 37.6 Å². The number of aromatic nitrogens is 1. The highest BCUT2D eigenvalue weighted by atomic mass is 16.5. The van der Waals surface area contributed by atoms with Crippen molar-refractivity contribution in [1.82, 2.24) is 10.3 Å². The predicted octanol–water partition coefficient (Wildman–Crippen LogP) is 8.73. The molecule has 290 valence electrons. The van der Waals surface area contributed by atoms with Gasteiger partial charge in [0.05, 0.1) is 24.1 Å². The first-order valence-corrected chi connectivity index (χ1v) is 20.6. The van der Waals surface area contributed by atoms with Gasteiger partial charge in [0.15, 0.2) is 5.78 Å². The largest absolute Gasteiger partial charge is 0.481 e. The zero-order chi connectivity index (χ0) is 38.5. The Balaban J connectivity index is 1.13. The van der Waals surface area contributed by atoms with Gasteiger partial charge in [-0.1, -0.05) is 74.0 Å². The molecular formula is C45H64N2O6. The lowest BCUT2D eigenvalue weighted by atomic mass is 9.33. The summed E-state index contributed by atoms with van der Waals surface area (Å²) in [5.74, 6) is -0.398. The van der Waals surface area contributed by atoms with Gasteiger partial charge in [0, 0.05) is 29.9 Å². The van der Waals surface area contributed by atoms with E-state index in [1.807, 2.05) is 32.0 Å². The molecule has 0 radical (unpaired) electrons. The molecule has 5 fully saturated rings. The number of carbonyl (C=O) groups is 4. The number of Topliss-reactive ketones (excluding diaryl/α,β-unsaturated/α-hetero) is 1. The van der Waals surface area contributed by atoms with Crippen molar-refractivity contribution < 1.29 is 29.0 Å². The normalized spacial score (nSPS) is 41.0. The number of nitrogens with zero attached hydrogens (tertiary/aromatic N) is 1. The van der Waals surface area contributed by atoms with E-state index in [-0.39, 0.29) is 63.2 Å². The standard InChI is InChI=1S/C45H64N2O6/c1-26(2)36-31(48)23-45(24-35(49)47-25-27-12-10-11-21-46-27)20-19-43(8)28(37(36)45)13-14-33-42(7)17-16-34(41(5,6)32(42)15-18-44(33,43)9)53-39(52)30-22-29(38(50)51)40(30,3)4/h10-12,21,26,28-30,32-34H,13-20,22-25H2,1-9H3,(H,47,49)(H,50,51)/t28-,29+,30-,32+,33-,34+,42+,43-,44-,45+/m1/s1. The summed E-state index contributed by atoms with van der Waals surface area (Å²) in [5, 5.41) is 12.8. The summed E-state index contributed by atoms with van der Waals surface area (Å²) in [6, 6.07) is 5.73. The highest BCUT2D eigenvalue weighted by Gasteiger charge is 2.70. The van der Waals surface area contributed by atoms with Crippen LogP contribution in [0.15, 0.2) is 35.5 Å². The number of carboxylic acid groups (broad SMARTS) is 1. The van der Waals surface area contributed by atoms with E-state index in [1.54, 1.807) is 6.20 Å². The second kappa shape index (κ2) is 12.8. The third-order valence-electron chi connectivity index (χ3n) is 17.3. The number of hydrogen-bond donors (Lipinski definition) is 2. The van der Waals surface area contributed by atoms with Gasteiger partial charge in [0.1, 0.15) is 6.10 Å². The molecule has 1 aromatic heterocycles. The van der Waals surface area contributed by atoms with Crippen molar-refractivity contribution in [3.63, 3.8) is 0 Å². The van der Waals surface area contributed by atoms with Crippen LogP contribution in [0.1, 0.15) is 139 Å². The van der Waals surface area contributed by atoms with Crippen molar-refractivity contribution in [2.45, 2.75) is 146 Å². The average Bonchev–Trinajstić information content (AvgIpc) is 3.37. The summed E-state index contributed by atoms with van der Waals surface area (Å²) < 4.78 is 6.41. The summed E-state index contributed by atoms with van der Waals surface area (Å²) in [4.78, 5) is 57.4. The van der Waals surface area contributed by atoms with Gasteiger partial charge in [0.25, 0.3) is 0 Å². The smallest absolute Gasteiger partial charge is 0.309 e. The Morgan fingerprint density at radius 2 is 1.62 bits per heavy atom. The Kier molecular flexibility index (Phi) is 9.21. The van der Waals surface area contributed by atoms with E-state index in [2.05, 4.69) is 58.8 Å². The van der Waals surface area contributed by atoms with Crippen LogP contribution >= 0.6 is 0 Å². The molecule has 0 aliphatic heterocycles. The second-order valence-electron chi connectivity index (χ2n) is 20.5. The molecule has 0 unspecified atom stereocenters. The van der Waals surface area contributed by atoms with Crippen molar-refractivity contribution in [3.05, 3.63) is 41.2 Å². The number of amides is 1. The van der Waals surface area contributed by atoms with Crippen LogP contribution in [0.2, 0.25) is 0 Å². The number of ether oxygens (including phenoxy) is 1. The molecule has 0 saturated heterocycles. The Hall–Kier alpha value is -3.03. The minimum Gasteiger partial charge on any atom is -0.481 e. The second-order valence-corrected chi connectivity index (χ2v) is 20.5. The predicted molar refractivity (Wildman–Crippen MR) is 203 cm³/mol. The first kappa shape index (κ1) is 38.3. The SMILES string of the molecule is CC(C)C1=C2[C@H]3CC[C@@H]4[C@@]5(C)CC[C@H](OC(=O)[C@H]6C[C@@H](C(=O)O)C6(C)C)C(C)(C)[C@@H]5CC[C@@]4(C)[C@]3(C)CC[C@@]2(CC(=O)NCc2ccccn2)CC1=O. The summed E-state index contributed by atoms with van der Waals surface area (Å²) in [5.41, 5.74) is 2.08. The molecule has 6 aliphatic rings. The molecule has 6 aliphatic carbocycles. The maximum absolute atomic E-state index is 14.0. The molecule has 8 heteroatoms. The molecular weight excluding hydrogens is 665 g/mol. The van der Waals surface area contributed by atoms with Crippen LogP contribution in [0.3, 0.4) is 0 Å². The monoisotopic (exact) mass is 728 g/mol. The molecule has 53 heavy (non-hydrogen) atoms. The van der Waals surface area contributed by atoms with Crippen LogP contribution in [-0.4, -0.2) is 39.8 Å². The number of hydrogen-bond acceptors (Lipinski definition) is 6. The molecule has 1 aromatic rings. The number of fused-ring (bicyclic) bond motifs is 7. The number of rotatable bonds is 8. The fourth-order valence-electron chi connectivity index (χ4n) is 14.2. The van der Waals surface area contributed by atoms with E-state index >= 15 is 0 Å². The maximum Gasteiger partial charge on any atom is 0.309 e. The Morgan fingerprint density at radius 1 is 0.887 bits per heavy atom. The molecule has 5 saturated carbocycles. The van der Waals surface area contributed by atoms with Crippen LogP contribution in [0.25, 0.3) is 0 Å². The molecule has 0 bridgehead atoms. The lowest BCUT2D eigenvalue weighted by molar-refractivity contribution is -0.236. The van der Waals surface area contributed by atoms with E-state index < -0.39 is 22.7 Å². The van der Waals surface area contributed by atoms with Crippen LogP contribution in [0, 0.1) is 68.0 Å². The van der Waals surface area contributed by atoms with Gasteiger partial charge in [-0.3, -0.25) is 24.2 Å². The Bertz CT molecular complexity index is 1710. The zero-order valence-electron chi connectivity index (χ0n) is 33.8. The summed E-state index contributed by atoms with van der Waals surface area (Å²) in [6.07, 6.45) is 10.7. The number of allylic oxidation sites excluding steroid dienone is 2. The number of esters is 1. The van der Waals surface area contributed by atoms with E-state index in [1.165, 1.54) is 5.57 Å². The zero-order valence-corrected chi connectivity index (χ0v) is 33.8. The van der Waals surface area contributed by atoms with Crippen molar-refractivity contribution in [1.29, 1.82) is 0 Å². The number of pyridine rings is 1. The molecule has 10 atom stereocenters. The topological polar surface area (TPSA) is 123 Å². The van der Waals surface area contributed by atoms with Gasteiger partial charge < -0.3 is 15.2 Å². The third-order valence-corrected chi connectivity index (χ3v) is 17.3. The molecule has 2 N–H and O–H groups in total. The van der Waals surface area contributed by atoms with E-state index in [0.717, 1.165) is 62.6 Å². The Morgan fingerprint density at radius 3 is 2.26 bits per heavy atom. The summed E-state index contributed by atoms with van der Waals surface area (Å²) in [7, 11) is 0. The summed E-state index contributed by atoms with van der Waals surface area (Å²) in [6.45, 7) is 20.8. The number of ketones is 1. The molecule has 0 aromatic carbocycles. The molecule has 8 nitrogen and oxygen atoms in total. The molecule has 0 spiro atoms. The van der Waals surface area contributed by atoms with Crippen LogP contribution < -0.4 is 5.32 Å². The number of nitrogens with one attached hydrogen (secondary N) is 1. The van der Waals surface area contributed by atoms with Gasteiger partial charge in [-0.15, -0.1) is 0 Å². The lowest BCUT2D eigenvalue weighted by Gasteiger charge is -2.72. The molecule has 7 rings (SSSR count). The third kappa shape index (κ3) is 5.59. The van der Waals surface area contributed by atoms with Gasteiger partial charge in [-0.2, -0.15) is 0 Å². The fourth-order valence-corrected chi connectivity index (χ4v) is 14.2. The first-order chi connectivity index (χ1) is 24.7. The van der Waals surface area contributed by atoms with Gasteiger partial charge in [0.2, 0.25) is 5.91 Å². The number of carboxylic acids is 1. The maximum atomic E-state index is 14.0. The fraction of sp³-hybridized carbons (Fsp3) is 0.756. The highest BCUT2D eigenvalue weighted by Crippen LogP contribution is 2.77. The van der Waals surface area contributed by atoms with Crippen LogP contribution in [0.5, 0.6) is 0 Å². The first-order valence-electron chi connectivity index (χ1n) is 20.6. The van der Waals surface area contributed by atoms with Crippen molar-refractivity contribution in [3.8, 4) is 0 Å². The Labute approximate surface area is 317 Å². The van der Waals surface area contributed by atoms with Crippen LogP contribution in [0.4, 0.5) is 0 Å². The number of carbonyl (C=O) groups excluding carboxylic acids is 3. The van der Waals surface area contributed by atoms with Crippen molar-refractivity contribution in [2.75, 3.05) is 0 Å². The van der Waals surface area contributed by atoms with E-state index in [9.17, 15) is 24.3 Å². The quantitative estimate of drug-likeness (QED) is 0.257. The average molecular weight is 729 g/mol. The highest BCUT2D eigenvalue weighted by molar-refractivity contribution is 6.01. The van der Waals surface area contributed by atoms with Gasteiger partial charge in [-0.25, -0.2) is 0 Å². The van der Waals surface area contributed by atoms with Crippen molar-refractivity contribution >= 4 is 23.6 Å². The van der Waals surface area contributed by atoms with Gasteiger partial charge >= 0.3 is 11.9 Å². The van der Waals surface area contributed by atoms with E-state index in [4.69, 9.17) is 4.74 Å². The van der Waals surface area contributed by atoms with Crippen LogP contribution in [-0.2, 0) is 30.5 Å². The number of aliphatic carboxylic acids is 1. The lowest BCUT2D eigenvalue weighted by Crippen LogP contribution is -2.66. The van der Waals surface area contributed by atoms with Gasteiger partial charge in [-0.05, 0) is 121 Å². The summed E-state index contributed by atoms with van der Waals surface area (Å²) >= 11 is 0. The minimum atomic E-state index is -0.830. The van der Waals surface area contributed by atoms with Crippen molar-refractivity contribution in [2.24, 2.45) is 68.0 Å².